The standard InChI is InChI=1S/C18H14Cl2N4O/c19-16-10-22-24(12-16)11-13-5-7-14(8-6-13)18(25)23-21-9-15-3-1-2-4-17(15)20/h1-10,12H,11H2,(H,23,25)/b21-9-. The lowest BCUT2D eigenvalue weighted by molar-refractivity contribution is 0.0955. The highest BCUT2D eigenvalue weighted by atomic mass is 35.5. The molecule has 1 amide bonds. The van der Waals surface area contributed by atoms with Crippen LogP contribution in [-0.4, -0.2) is 21.9 Å². The van der Waals surface area contributed by atoms with E-state index < -0.39 is 0 Å². The van der Waals surface area contributed by atoms with Crippen molar-refractivity contribution in [2.45, 2.75) is 6.54 Å². The maximum Gasteiger partial charge on any atom is 0.271 e. The summed E-state index contributed by atoms with van der Waals surface area (Å²) in [5.41, 5.74) is 4.74. The molecule has 0 unspecified atom stereocenters. The summed E-state index contributed by atoms with van der Waals surface area (Å²) in [4.78, 5) is 12.1. The maximum atomic E-state index is 12.1. The van der Waals surface area contributed by atoms with Gasteiger partial charge in [-0.05, 0) is 23.8 Å². The number of carbonyl (C=O) groups excluding carboxylic acids is 1. The number of hydrogen-bond donors (Lipinski definition) is 1. The predicted molar refractivity (Wildman–Crippen MR) is 99.3 cm³/mol. The van der Waals surface area contributed by atoms with Gasteiger partial charge in [0.05, 0.1) is 24.0 Å². The summed E-state index contributed by atoms with van der Waals surface area (Å²) in [6.07, 6.45) is 4.84. The lowest BCUT2D eigenvalue weighted by Gasteiger charge is -2.04. The quantitative estimate of drug-likeness (QED) is 0.543. The highest BCUT2D eigenvalue weighted by molar-refractivity contribution is 6.33. The van der Waals surface area contributed by atoms with Crippen LogP contribution in [-0.2, 0) is 6.54 Å². The first kappa shape index (κ1) is 17.2. The largest absolute Gasteiger partial charge is 0.271 e. The molecule has 0 aliphatic carbocycles. The van der Waals surface area contributed by atoms with Crippen LogP contribution < -0.4 is 5.43 Å². The average Bonchev–Trinajstić information content (AvgIpc) is 3.02. The Balaban J connectivity index is 1.60. The average molecular weight is 373 g/mol. The van der Waals surface area contributed by atoms with Crippen molar-refractivity contribution in [2.24, 2.45) is 5.10 Å². The highest BCUT2D eigenvalue weighted by Gasteiger charge is 2.05. The molecular formula is C18H14Cl2N4O. The van der Waals surface area contributed by atoms with Gasteiger partial charge < -0.3 is 0 Å². The Labute approximate surface area is 154 Å². The lowest BCUT2D eigenvalue weighted by atomic mass is 10.1. The minimum atomic E-state index is -0.294. The Kier molecular flexibility index (Phi) is 5.48. The minimum Gasteiger partial charge on any atom is -0.267 e. The van der Waals surface area contributed by atoms with Gasteiger partial charge in [0.25, 0.3) is 5.91 Å². The highest BCUT2D eigenvalue weighted by Crippen LogP contribution is 2.12. The molecule has 2 aromatic carbocycles. The van der Waals surface area contributed by atoms with E-state index in [1.165, 1.54) is 6.21 Å². The summed E-state index contributed by atoms with van der Waals surface area (Å²) >= 11 is 11.9. The van der Waals surface area contributed by atoms with Gasteiger partial charge in [0.15, 0.2) is 0 Å². The van der Waals surface area contributed by atoms with E-state index in [1.807, 2.05) is 30.3 Å². The fourth-order valence-electron chi connectivity index (χ4n) is 2.18. The fraction of sp³-hybridized carbons (Fsp3) is 0.0556. The number of rotatable bonds is 5. The van der Waals surface area contributed by atoms with Gasteiger partial charge in [-0.3, -0.25) is 9.48 Å². The van der Waals surface area contributed by atoms with Gasteiger partial charge in [0.1, 0.15) is 0 Å². The number of benzene rings is 2. The zero-order valence-electron chi connectivity index (χ0n) is 13.1. The summed E-state index contributed by atoms with van der Waals surface area (Å²) in [6.45, 7) is 0.583. The van der Waals surface area contributed by atoms with Crippen LogP contribution in [0.25, 0.3) is 0 Å². The molecule has 7 heteroatoms. The summed E-state index contributed by atoms with van der Waals surface area (Å²) in [5.74, 6) is -0.294. The zero-order chi connectivity index (χ0) is 17.6. The molecule has 1 N–H and O–H groups in total. The third-order valence-corrected chi connectivity index (χ3v) is 3.98. The molecule has 0 spiro atoms. The van der Waals surface area contributed by atoms with Crippen LogP contribution in [0.4, 0.5) is 0 Å². The molecule has 0 bridgehead atoms. The van der Waals surface area contributed by atoms with Crippen molar-refractivity contribution in [2.75, 3.05) is 0 Å². The number of aromatic nitrogens is 2. The number of carbonyl (C=O) groups is 1. The number of hydrogen-bond acceptors (Lipinski definition) is 3. The first-order chi connectivity index (χ1) is 12.1. The molecule has 0 saturated heterocycles. The number of halogens is 2. The monoisotopic (exact) mass is 372 g/mol. The summed E-state index contributed by atoms with van der Waals surface area (Å²) < 4.78 is 1.73. The van der Waals surface area contributed by atoms with E-state index in [9.17, 15) is 4.79 Å². The molecule has 1 heterocycles. The predicted octanol–water partition coefficient (Wildman–Crippen LogP) is 4.00. The van der Waals surface area contributed by atoms with Crippen molar-refractivity contribution in [1.29, 1.82) is 0 Å². The molecule has 126 valence electrons. The molecule has 0 aliphatic rings. The van der Waals surface area contributed by atoms with Crippen LogP contribution in [0.15, 0.2) is 66.0 Å². The van der Waals surface area contributed by atoms with E-state index in [4.69, 9.17) is 23.2 Å². The van der Waals surface area contributed by atoms with E-state index in [-0.39, 0.29) is 5.91 Å². The maximum absolute atomic E-state index is 12.1. The SMILES string of the molecule is O=C(N/N=C\c1ccccc1Cl)c1ccc(Cn2cc(Cl)cn2)cc1. The molecule has 0 radical (unpaired) electrons. The van der Waals surface area contributed by atoms with E-state index >= 15 is 0 Å². The molecule has 1 aromatic heterocycles. The van der Waals surface area contributed by atoms with Crippen molar-refractivity contribution < 1.29 is 4.79 Å². The normalized spacial score (nSPS) is 11.0. The van der Waals surface area contributed by atoms with Gasteiger partial charge >= 0.3 is 0 Å². The molecule has 3 rings (SSSR count). The second-order valence-corrected chi connectivity index (χ2v) is 6.12. The molecule has 0 atom stereocenters. The van der Waals surface area contributed by atoms with Gasteiger partial charge in [0.2, 0.25) is 0 Å². The molecular weight excluding hydrogens is 359 g/mol. The first-order valence-corrected chi connectivity index (χ1v) is 8.22. The molecule has 0 aliphatic heterocycles. The van der Waals surface area contributed by atoms with Gasteiger partial charge in [-0.15, -0.1) is 0 Å². The number of nitrogens with zero attached hydrogens (tertiary/aromatic N) is 3. The summed E-state index contributed by atoms with van der Waals surface area (Å²) in [6, 6.07) is 14.5. The van der Waals surface area contributed by atoms with Gasteiger partial charge in [-0.2, -0.15) is 10.2 Å². The van der Waals surface area contributed by atoms with Gasteiger partial charge in [-0.1, -0.05) is 53.5 Å². The second-order valence-electron chi connectivity index (χ2n) is 5.27. The Morgan fingerprint density at radius 2 is 1.92 bits per heavy atom. The van der Waals surface area contributed by atoms with E-state index in [0.717, 1.165) is 11.1 Å². The molecule has 0 fully saturated rings. The Bertz CT molecular complexity index is 903. The van der Waals surface area contributed by atoms with Crippen molar-refractivity contribution in [3.05, 3.63) is 87.7 Å². The second kappa shape index (κ2) is 7.96. The third kappa shape index (κ3) is 4.68. The minimum absolute atomic E-state index is 0.294. The van der Waals surface area contributed by atoms with Crippen molar-refractivity contribution in [1.82, 2.24) is 15.2 Å². The summed E-state index contributed by atoms with van der Waals surface area (Å²) in [7, 11) is 0. The van der Waals surface area contributed by atoms with E-state index in [2.05, 4.69) is 15.6 Å². The van der Waals surface area contributed by atoms with E-state index in [0.29, 0.717) is 22.2 Å². The Morgan fingerprint density at radius 3 is 2.60 bits per heavy atom. The van der Waals surface area contributed by atoms with Crippen molar-refractivity contribution in [3.8, 4) is 0 Å². The topological polar surface area (TPSA) is 59.3 Å². The van der Waals surface area contributed by atoms with Gasteiger partial charge in [-0.25, -0.2) is 5.43 Å². The van der Waals surface area contributed by atoms with Crippen LogP contribution in [0.2, 0.25) is 10.0 Å². The van der Waals surface area contributed by atoms with Crippen molar-refractivity contribution >= 4 is 35.3 Å². The number of hydrazone groups is 1. The van der Waals surface area contributed by atoms with Crippen molar-refractivity contribution in [3.63, 3.8) is 0 Å². The Hall–Kier alpha value is -2.63. The van der Waals surface area contributed by atoms with Crippen LogP contribution >= 0.6 is 23.2 Å². The first-order valence-electron chi connectivity index (χ1n) is 7.46. The smallest absolute Gasteiger partial charge is 0.267 e. The number of nitrogens with one attached hydrogen (secondary N) is 1. The van der Waals surface area contributed by atoms with Gasteiger partial charge in [0, 0.05) is 22.3 Å². The molecule has 5 nitrogen and oxygen atoms in total. The van der Waals surface area contributed by atoms with E-state index in [1.54, 1.807) is 35.3 Å². The summed E-state index contributed by atoms with van der Waals surface area (Å²) in [5, 5.41) is 9.22. The lowest BCUT2D eigenvalue weighted by Crippen LogP contribution is -2.17. The van der Waals surface area contributed by atoms with Crippen LogP contribution in [0, 0.1) is 0 Å². The Morgan fingerprint density at radius 1 is 1.16 bits per heavy atom. The number of amides is 1. The van der Waals surface area contributed by atoms with Crippen LogP contribution in [0.1, 0.15) is 21.5 Å². The molecule has 3 aromatic rings. The van der Waals surface area contributed by atoms with Crippen LogP contribution in [0.5, 0.6) is 0 Å². The fourth-order valence-corrected chi connectivity index (χ4v) is 2.52. The molecule has 25 heavy (non-hydrogen) atoms. The third-order valence-electron chi connectivity index (χ3n) is 3.44. The zero-order valence-corrected chi connectivity index (χ0v) is 14.6. The molecule has 0 saturated carbocycles. The van der Waals surface area contributed by atoms with Crippen LogP contribution in [0.3, 0.4) is 0 Å².